The summed E-state index contributed by atoms with van der Waals surface area (Å²) in [5, 5.41) is 0. The number of rotatable bonds is 0. The minimum atomic E-state index is -5.19. The van der Waals surface area contributed by atoms with Gasteiger partial charge in [-0.3, -0.25) is 0 Å². The van der Waals surface area contributed by atoms with E-state index in [0.717, 1.165) is 0 Å². The third-order valence-corrected chi connectivity index (χ3v) is 0.535. The molecule has 0 rings (SSSR count). The molecule has 0 aromatic carbocycles. The first-order valence-corrected chi connectivity index (χ1v) is 2.17. The van der Waals surface area contributed by atoms with E-state index in [4.69, 9.17) is 0 Å². The Bertz CT molecular complexity index is 222. The Morgan fingerprint density at radius 2 is 1.82 bits per heavy atom. The van der Waals surface area contributed by atoms with Crippen molar-refractivity contribution in [2.45, 2.75) is 6.18 Å². The Balaban J connectivity index is 4.13. The molecule has 60 valence electrons. The van der Waals surface area contributed by atoms with E-state index < -0.39 is 18.1 Å². The quantitative estimate of drug-likeness (QED) is 0.224. The highest BCUT2D eigenvalue weighted by molar-refractivity contribution is 5.97. The van der Waals surface area contributed by atoms with Gasteiger partial charge >= 0.3 is 18.1 Å². The maximum absolute atomic E-state index is 11.3. The van der Waals surface area contributed by atoms with Crippen molar-refractivity contribution in [3.05, 3.63) is 0 Å². The van der Waals surface area contributed by atoms with Crippen molar-refractivity contribution >= 4 is 11.9 Å². The number of ether oxygens (including phenoxy) is 1. The maximum Gasteiger partial charge on any atom is 0.491 e. The summed E-state index contributed by atoms with van der Waals surface area (Å²) in [6, 6.07) is 0. The Labute approximate surface area is 59.1 Å². The third-order valence-electron chi connectivity index (χ3n) is 0.535. The summed E-state index contributed by atoms with van der Waals surface area (Å²) in [7, 11) is 0. The number of alkyl halides is 3. The van der Waals surface area contributed by atoms with Crippen molar-refractivity contribution < 1.29 is 27.5 Å². The van der Waals surface area contributed by atoms with Crippen LogP contribution in [0.25, 0.3) is 0 Å². The van der Waals surface area contributed by atoms with Crippen molar-refractivity contribution in [2.24, 2.45) is 0 Å². The molecule has 0 saturated carbocycles. The summed E-state index contributed by atoms with van der Waals surface area (Å²) < 4.78 is 36.9. The molecule has 0 aromatic heterocycles. The lowest BCUT2D eigenvalue weighted by atomic mass is 10.6. The second-order valence-corrected chi connectivity index (χ2v) is 1.32. The van der Waals surface area contributed by atoms with E-state index in [1.165, 1.54) is 5.92 Å². The number of hydrogen-bond acceptors (Lipinski definition) is 3. The fourth-order valence-corrected chi connectivity index (χ4v) is 0.172. The highest BCUT2D eigenvalue weighted by Gasteiger charge is 2.42. The molecule has 0 fully saturated rings. The number of halogens is 3. The van der Waals surface area contributed by atoms with Gasteiger partial charge in [-0.1, -0.05) is 0 Å². The van der Waals surface area contributed by atoms with E-state index in [1.807, 2.05) is 0 Å². The van der Waals surface area contributed by atoms with Crippen molar-refractivity contribution in [1.82, 2.24) is 0 Å². The van der Waals surface area contributed by atoms with Crippen LogP contribution in [0.5, 0.6) is 0 Å². The molecule has 0 N–H and O–H groups in total. The summed E-state index contributed by atoms with van der Waals surface area (Å²) in [4.78, 5) is 19.7. The van der Waals surface area contributed by atoms with E-state index in [0.29, 0.717) is 0 Å². The molecular formula is C5HF3O3. The Hall–Kier alpha value is -1.51. The molecule has 0 radical (unpaired) electrons. The zero-order chi connectivity index (χ0) is 9.07. The van der Waals surface area contributed by atoms with Gasteiger partial charge in [-0.05, 0) is 0 Å². The summed E-state index contributed by atoms with van der Waals surface area (Å²) in [5.41, 5.74) is 0. The Morgan fingerprint density at radius 3 is 2.09 bits per heavy atom. The van der Waals surface area contributed by atoms with Crippen molar-refractivity contribution in [1.29, 1.82) is 0 Å². The minimum absolute atomic E-state index is 1.19. The van der Waals surface area contributed by atoms with Crippen LogP contribution in [0.15, 0.2) is 0 Å². The fraction of sp³-hybridized carbons (Fsp3) is 0.200. The molecule has 6 heteroatoms. The van der Waals surface area contributed by atoms with E-state index in [2.05, 4.69) is 11.2 Å². The highest BCUT2D eigenvalue weighted by atomic mass is 19.4. The molecule has 11 heavy (non-hydrogen) atoms. The summed E-state index contributed by atoms with van der Waals surface area (Å²) in [6.07, 6.45) is -0.868. The molecular weight excluding hydrogens is 165 g/mol. The number of terminal acetylenes is 1. The normalized spacial score (nSPS) is 10.0. The second kappa shape index (κ2) is 3.05. The van der Waals surface area contributed by atoms with Gasteiger partial charge in [0.25, 0.3) is 0 Å². The number of hydrogen-bond donors (Lipinski definition) is 0. The van der Waals surface area contributed by atoms with Crippen LogP contribution in [0.3, 0.4) is 0 Å². The average molecular weight is 166 g/mol. The van der Waals surface area contributed by atoms with Gasteiger partial charge in [-0.15, -0.1) is 6.42 Å². The van der Waals surface area contributed by atoms with Gasteiger partial charge in [0.2, 0.25) is 0 Å². The van der Waals surface area contributed by atoms with Gasteiger partial charge in [0, 0.05) is 5.92 Å². The molecule has 0 saturated heterocycles. The van der Waals surface area contributed by atoms with E-state index >= 15 is 0 Å². The first-order chi connectivity index (χ1) is 4.88. The second-order valence-electron chi connectivity index (χ2n) is 1.32. The SMILES string of the molecule is C#CC(=O)OC(=O)C(F)(F)F. The first kappa shape index (κ1) is 9.49. The van der Waals surface area contributed by atoms with Crippen LogP contribution in [0.4, 0.5) is 13.2 Å². The molecule has 0 bridgehead atoms. The molecule has 0 aliphatic heterocycles. The molecule has 0 atom stereocenters. The van der Waals surface area contributed by atoms with Crippen molar-refractivity contribution in [3.63, 3.8) is 0 Å². The van der Waals surface area contributed by atoms with E-state index in [-0.39, 0.29) is 0 Å². The fourth-order valence-electron chi connectivity index (χ4n) is 0.172. The zero-order valence-electron chi connectivity index (χ0n) is 4.94. The molecule has 0 heterocycles. The Kier molecular flexibility index (Phi) is 2.63. The lowest BCUT2D eigenvalue weighted by Gasteiger charge is -2.01. The third kappa shape index (κ3) is 3.25. The number of esters is 2. The van der Waals surface area contributed by atoms with Crippen LogP contribution < -0.4 is 0 Å². The molecule has 0 aliphatic rings. The van der Waals surface area contributed by atoms with Crippen LogP contribution in [0.2, 0.25) is 0 Å². The molecule has 0 amide bonds. The van der Waals surface area contributed by atoms with Gasteiger partial charge in [0.15, 0.2) is 0 Å². The predicted octanol–water partition coefficient (Wildman–Crippen LogP) is 0.252. The van der Waals surface area contributed by atoms with Crippen LogP contribution in [-0.4, -0.2) is 18.1 Å². The minimum Gasteiger partial charge on any atom is -0.376 e. The molecule has 0 aromatic rings. The van der Waals surface area contributed by atoms with Gasteiger partial charge in [0.1, 0.15) is 0 Å². The van der Waals surface area contributed by atoms with Gasteiger partial charge in [-0.25, -0.2) is 9.59 Å². The Morgan fingerprint density at radius 1 is 1.36 bits per heavy atom. The van der Waals surface area contributed by atoms with Gasteiger partial charge < -0.3 is 4.74 Å². The summed E-state index contributed by atoms with van der Waals surface area (Å²) in [5.74, 6) is -3.08. The smallest absolute Gasteiger partial charge is 0.376 e. The number of carbonyl (C=O) groups is 2. The lowest BCUT2D eigenvalue weighted by Crippen LogP contribution is -2.27. The number of carbonyl (C=O) groups excluding carboxylic acids is 2. The van der Waals surface area contributed by atoms with Crippen LogP contribution in [0.1, 0.15) is 0 Å². The van der Waals surface area contributed by atoms with Crippen LogP contribution >= 0.6 is 0 Å². The molecule has 0 aliphatic carbocycles. The maximum atomic E-state index is 11.3. The van der Waals surface area contributed by atoms with Crippen LogP contribution in [-0.2, 0) is 14.3 Å². The van der Waals surface area contributed by atoms with Crippen molar-refractivity contribution in [3.8, 4) is 12.3 Å². The molecule has 3 nitrogen and oxygen atoms in total. The highest BCUT2D eigenvalue weighted by Crippen LogP contribution is 2.16. The van der Waals surface area contributed by atoms with Crippen molar-refractivity contribution in [2.75, 3.05) is 0 Å². The lowest BCUT2D eigenvalue weighted by molar-refractivity contribution is -0.200. The average Bonchev–Trinajstić information content (AvgIpc) is 1.85. The predicted molar refractivity (Wildman–Crippen MR) is 26.0 cm³/mol. The first-order valence-electron chi connectivity index (χ1n) is 2.17. The summed E-state index contributed by atoms with van der Waals surface area (Å²) >= 11 is 0. The van der Waals surface area contributed by atoms with Crippen LogP contribution in [0, 0.1) is 12.3 Å². The standard InChI is InChI=1S/C5HF3O3/c1-2-3(9)11-4(10)5(6,7)8/h1H. The summed E-state index contributed by atoms with van der Waals surface area (Å²) in [6.45, 7) is 0. The zero-order valence-corrected chi connectivity index (χ0v) is 4.94. The van der Waals surface area contributed by atoms with Gasteiger partial charge in [0.05, 0.1) is 0 Å². The monoisotopic (exact) mass is 166 g/mol. The molecule has 0 unspecified atom stereocenters. The van der Waals surface area contributed by atoms with E-state index in [9.17, 15) is 22.8 Å². The molecule has 0 spiro atoms. The largest absolute Gasteiger partial charge is 0.491 e. The van der Waals surface area contributed by atoms with Gasteiger partial charge in [-0.2, -0.15) is 13.2 Å². The van der Waals surface area contributed by atoms with E-state index in [1.54, 1.807) is 0 Å². The topological polar surface area (TPSA) is 43.4 Å².